The number of nitrogens with zero attached hydrogens (tertiary/aromatic N) is 6. The molecule has 4 heterocycles. The molecule has 8 nitrogen and oxygen atoms in total. The molecular formula is C20H15N7O. The number of fused-ring (bicyclic) bond motifs is 2. The lowest BCUT2D eigenvalue weighted by atomic mass is 10.1. The lowest BCUT2D eigenvalue weighted by molar-refractivity contribution is 0.0950. The van der Waals surface area contributed by atoms with Gasteiger partial charge in [0, 0.05) is 29.7 Å². The van der Waals surface area contributed by atoms with E-state index in [2.05, 4.69) is 25.5 Å². The quantitative estimate of drug-likeness (QED) is 0.525. The molecule has 28 heavy (non-hydrogen) atoms. The van der Waals surface area contributed by atoms with E-state index >= 15 is 0 Å². The summed E-state index contributed by atoms with van der Waals surface area (Å²) in [6.07, 6.45) is 7.24. The molecule has 5 rings (SSSR count). The first kappa shape index (κ1) is 16.1. The Kier molecular flexibility index (Phi) is 3.79. The monoisotopic (exact) mass is 369 g/mol. The second-order valence-electron chi connectivity index (χ2n) is 6.24. The zero-order valence-electron chi connectivity index (χ0n) is 14.7. The summed E-state index contributed by atoms with van der Waals surface area (Å²) in [5.74, 6) is 1.83. The summed E-state index contributed by atoms with van der Waals surface area (Å²) in [4.78, 5) is 21.0. The van der Waals surface area contributed by atoms with E-state index in [-0.39, 0.29) is 5.91 Å². The lowest BCUT2D eigenvalue weighted by Crippen LogP contribution is -2.23. The summed E-state index contributed by atoms with van der Waals surface area (Å²) in [7, 11) is 0. The predicted molar refractivity (Wildman–Crippen MR) is 103 cm³/mol. The van der Waals surface area contributed by atoms with Gasteiger partial charge in [-0.2, -0.15) is 0 Å². The average Bonchev–Trinajstić information content (AvgIpc) is 3.36. The second kappa shape index (κ2) is 6.58. The third-order valence-corrected chi connectivity index (χ3v) is 4.52. The van der Waals surface area contributed by atoms with E-state index in [1.165, 1.54) is 0 Å². The molecular weight excluding hydrogens is 354 g/mol. The average molecular weight is 369 g/mol. The van der Waals surface area contributed by atoms with Crippen LogP contribution in [0.25, 0.3) is 22.7 Å². The van der Waals surface area contributed by atoms with E-state index in [0.717, 1.165) is 16.9 Å². The SMILES string of the molecule is O=C(NCc1ncc2ccccn12)c1ccc(-c2nnc3ncccn23)cc1. The van der Waals surface area contributed by atoms with Crippen molar-refractivity contribution in [1.29, 1.82) is 0 Å². The molecule has 0 unspecified atom stereocenters. The van der Waals surface area contributed by atoms with Gasteiger partial charge < -0.3 is 9.72 Å². The van der Waals surface area contributed by atoms with Crippen molar-refractivity contribution in [1.82, 2.24) is 34.3 Å². The number of carbonyl (C=O) groups excluding carboxylic acids is 1. The van der Waals surface area contributed by atoms with Crippen LogP contribution in [0.2, 0.25) is 0 Å². The van der Waals surface area contributed by atoms with Crippen LogP contribution in [0.5, 0.6) is 0 Å². The fourth-order valence-electron chi connectivity index (χ4n) is 3.10. The fourth-order valence-corrected chi connectivity index (χ4v) is 3.10. The molecule has 1 amide bonds. The Labute approximate surface area is 159 Å². The summed E-state index contributed by atoms with van der Waals surface area (Å²) in [6, 6.07) is 14.9. The Morgan fingerprint density at radius 3 is 2.68 bits per heavy atom. The first-order valence-corrected chi connectivity index (χ1v) is 8.75. The Morgan fingerprint density at radius 2 is 1.79 bits per heavy atom. The smallest absolute Gasteiger partial charge is 0.255 e. The van der Waals surface area contributed by atoms with E-state index in [1.54, 1.807) is 28.9 Å². The number of nitrogens with one attached hydrogen (secondary N) is 1. The van der Waals surface area contributed by atoms with Crippen LogP contribution in [0.1, 0.15) is 16.2 Å². The predicted octanol–water partition coefficient (Wildman–Crippen LogP) is 2.37. The minimum absolute atomic E-state index is 0.160. The van der Waals surface area contributed by atoms with Crippen molar-refractivity contribution in [2.45, 2.75) is 6.54 Å². The number of imidazole rings is 1. The molecule has 0 aliphatic carbocycles. The standard InChI is InChI=1S/C20H15N7O/c28-19(23-13-17-22-12-16-4-1-2-10-26(16)17)15-7-5-14(6-8-15)18-24-25-20-21-9-3-11-27(18)20/h1-12H,13H2,(H,23,28). The van der Waals surface area contributed by atoms with E-state index < -0.39 is 0 Å². The molecule has 0 aliphatic rings. The Hall–Kier alpha value is -4.07. The van der Waals surface area contributed by atoms with Crippen LogP contribution in [-0.4, -0.2) is 34.9 Å². The molecule has 4 aromatic heterocycles. The van der Waals surface area contributed by atoms with Crippen molar-refractivity contribution in [3.05, 3.63) is 84.7 Å². The normalized spacial score (nSPS) is 11.1. The van der Waals surface area contributed by atoms with Crippen LogP contribution >= 0.6 is 0 Å². The highest BCUT2D eigenvalue weighted by molar-refractivity contribution is 5.94. The van der Waals surface area contributed by atoms with E-state index in [4.69, 9.17) is 0 Å². The van der Waals surface area contributed by atoms with Gasteiger partial charge in [0.1, 0.15) is 5.82 Å². The molecule has 136 valence electrons. The molecule has 0 saturated heterocycles. The molecule has 0 aliphatic heterocycles. The molecule has 0 radical (unpaired) electrons. The van der Waals surface area contributed by atoms with E-state index in [1.807, 2.05) is 53.2 Å². The molecule has 0 spiro atoms. The van der Waals surface area contributed by atoms with Crippen LogP contribution in [-0.2, 0) is 6.54 Å². The largest absolute Gasteiger partial charge is 0.345 e. The maximum Gasteiger partial charge on any atom is 0.255 e. The Balaban J connectivity index is 1.33. The van der Waals surface area contributed by atoms with Crippen molar-refractivity contribution >= 4 is 17.2 Å². The number of hydrogen-bond acceptors (Lipinski definition) is 5. The first-order valence-electron chi connectivity index (χ1n) is 8.75. The van der Waals surface area contributed by atoms with Crippen LogP contribution in [0.3, 0.4) is 0 Å². The fraction of sp³-hybridized carbons (Fsp3) is 0.0500. The number of aromatic nitrogens is 6. The highest BCUT2D eigenvalue weighted by Crippen LogP contribution is 2.18. The minimum atomic E-state index is -0.160. The molecule has 8 heteroatoms. The maximum absolute atomic E-state index is 12.5. The van der Waals surface area contributed by atoms with Gasteiger partial charge in [0.2, 0.25) is 0 Å². The Bertz CT molecular complexity index is 1290. The van der Waals surface area contributed by atoms with Gasteiger partial charge in [0.05, 0.1) is 18.3 Å². The molecule has 0 bridgehead atoms. The number of carbonyl (C=O) groups is 1. The van der Waals surface area contributed by atoms with Gasteiger partial charge in [0.15, 0.2) is 5.82 Å². The van der Waals surface area contributed by atoms with Crippen molar-refractivity contribution in [3.63, 3.8) is 0 Å². The third-order valence-electron chi connectivity index (χ3n) is 4.52. The zero-order chi connectivity index (χ0) is 18.9. The molecule has 5 aromatic rings. The number of pyridine rings is 1. The second-order valence-corrected chi connectivity index (χ2v) is 6.24. The Morgan fingerprint density at radius 1 is 0.929 bits per heavy atom. The molecule has 1 N–H and O–H groups in total. The highest BCUT2D eigenvalue weighted by atomic mass is 16.1. The van der Waals surface area contributed by atoms with Crippen LogP contribution in [0.15, 0.2) is 73.3 Å². The summed E-state index contributed by atoms with van der Waals surface area (Å²) >= 11 is 0. The molecule has 0 atom stereocenters. The van der Waals surface area contributed by atoms with E-state index in [0.29, 0.717) is 23.7 Å². The number of hydrogen-bond donors (Lipinski definition) is 1. The molecule has 1 aromatic carbocycles. The summed E-state index contributed by atoms with van der Waals surface area (Å²) in [6.45, 7) is 0.346. The van der Waals surface area contributed by atoms with E-state index in [9.17, 15) is 4.79 Å². The molecule has 0 saturated carbocycles. The van der Waals surface area contributed by atoms with Gasteiger partial charge in [-0.25, -0.2) is 9.97 Å². The minimum Gasteiger partial charge on any atom is -0.345 e. The van der Waals surface area contributed by atoms with Gasteiger partial charge in [0.25, 0.3) is 11.7 Å². The maximum atomic E-state index is 12.5. The molecule has 0 fully saturated rings. The zero-order valence-corrected chi connectivity index (χ0v) is 14.7. The highest BCUT2D eigenvalue weighted by Gasteiger charge is 2.11. The van der Waals surface area contributed by atoms with Gasteiger partial charge in [-0.15, -0.1) is 10.2 Å². The van der Waals surface area contributed by atoms with Crippen molar-refractivity contribution in [2.75, 3.05) is 0 Å². The van der Waals surface area contributed by atoms with Crippen molar-refractivity contribution in [2.24, 2.45) is 0 Å². The van der Waals surface area contributed by atoms with Gasteiger partial charge >= 0.3 is 0 Å². The third kappa shape index (κ3) is 2.77. The lowest BCUT2D eigenvalue weighted by Gasteiger charge is -2.06. The number of benzene rings is 1. The summed E-state index contributed by atoms with van der Waals surface area (Å²) in [5, 5.41) is 11.1. The van der Waals surface area contributed by atoms with Crippen molar-refractivity contribution in [3.8, 4) is 11.4 Å². The first-order chi connectivity index (χ1) is 13.8. The van der Waals surface area contributed by atoms with Crippen LogP contribution in [0, 0.1) is 0 Å². The summed E-state index contributed by atoms with van der Waals surface area (Å²) in [5.41, 5.74) is 2.42. The number of rotatable bonds is 4. The van der Waals surface area contributed by atoms with Crippen LogP contribution in [0.4, 0.5) is 0 Å². The van der Waals surface area contributed by atoms with Gasteiger partial charge in [-0.3, -0.25) is 9.20 Å². The summed E-state index contributed by atoms with van der Waals surface area (Å²) < 4.78 is 3.76. The topological polar surface area (TPSA) is 89.5 Å². The van der Waals surface area contributed by atoms with Crippen LogP contribution < -0.4 is 5.32 Å². The van der Waals surface area contributed by atoms with Gasteiger partial charge in [-0.05, 0) is 30.3 Å². The number of amides is 1. The van der Waals surface area contributed by atoms with Gasteiger partial charge in [-0.1, -0.05) is 18.2 Å². The van der Waals surface area contributed by atoms with Crippen molar-refractivity contribution < 1.29 is 4.79 Å².